The van der Waals surface area contributed by atoms with E-state index in [2.05, 4.69) is 22.9 Å². The third-order valence-electron chi connectivity index (χ3n) is 4.63. The van der Waals surface area contributed by atoms with Gasteiger partial charge < -0.3 is 10.5 Å². The number of hydrogen-bond donors (Lipinski definition) is 1. The Morgan fingerprint density at radius 2 is 1.95 bits per heavy atom. The van der Waals surface area contributed by atoms with Crippen LogP contribution in [0.1, 0.15) is 31.4 Å². The lowest BCUT2D eigenvalue weighted by Crippen LogP contribution is -2.37. The van der Waals surface area contributed by atoms with Crippen LogP contribution in [0.2, 0.25) is 0 Å². The van der Waals surface area contributed by atoms with Crippen LogP contribution in [0.25, 0.3) is 11.0 Å². The fourth-order valence-electron chi connectivity index (χ4n) is 3.15. The molecule has 0 radical (unpaired) electrons. The van der Waals surface area contributed by atoms with Crippen molar-refractivity contribution in [3.63, 3.8) is 0 Å². The summed E-state index contributed by atoms with van der Waals surface area (Å²) >= 11 is 3.60. The van der Waals surface area contributed by atoms with Crippen LogP contribution in [0.15, 0.2) is 21.4 Å². The molecule has 0 saturated carbocycles. The molecule has 1 fully saturated rings. The Morgan fingerprint density at radius 3 is 2.52 bits per heavy atom. The van der Waals surface area contributed by atoms with Crippen LogP contribution in [0, 0.1) is 0 Å². The predicted molar refractivity (Wildman–Crippen MR) is 86.4 cm³/mol. The first-order valence-electron chi connectivity index (χ1n) is 7.09. The Bertz CT molecular complexity index is 756. The highest BCUT2D eigenvalue weighted by Crippen LogP contribution is 2.39. The Morgan fingerprint density at radius 1 is 1.33 bits per heavy atom. The third kappa shape index (κ3) is 2.17. The van der Waals surface area contributed by atoms with E-state index in [0.717, 1.165) is 40.5 Å². The minimum absolute atomic E-state index is 0.0362. The molecular formula is C15H20BrN3O2. The SMILES string of the molecule is Cn1c(=O)n(C)c2cc(C(N)C3(C)CCCO3)c(Br)cc21. The van der Waals surface area contributed by atoms with Gasteiger partial charge in [0.15, 0.2) is 0 Å². The van der Waals surface area contributed by atoms with Gasteiger partial charge in [0.1, 0.15) is 0 Å². The van der Waals surface area contributed by atoms with E-state index in [-0.39, 0.29) is 17.3 Å². The van der Waals surface area contributed by atoms with Crippen LogP contribution in [0.4, 0.5) is 0 Å². The van der Waals surface area contributed by atoms with Crippen LogP contribution in [0.5, 0.6) is 0 Å². The van der Waals surface area contributed by atoms with Gasteiger partial charge in [-0.15, -0.1) is 0 Å². The van der Waals surface area contributed by atoms with E-state index in [9.17, 15) is 4.79 Å². The number of aromatic nitrogens is 2. The molecular weight excluding hydrogens is 334 g/mol. The largest absolute Gasteiger partial charge is 0.373 e. The molecule has 0 bridgehead atoms. The molecule has 5 nitrogen and oxygen atoms in total. The maximum Gasteiger partial charge on any atom is 0.328 e. The quantitative estimate of drug-likeness (QED) is 0.900. The zero-order valence-corrected chi connectivity index (χ0v) is 14.1. The molecule has 2 heterocycles. The van der Waals surface area contributed by atoms with Crippen molar-refractivity contribution < 1.29 is 4.74 Å². The molecule has 0 amide bonds. The number of benzene rings is 1. The van der Waals surface area contributed by atoms with E-state index < -0.39 is 0 Å². The van der Waals surface area contributed by atoms with Crippen molar-refractivity contribution in [3.8, 4) is 0 Å². The van der Waals surface area contributed by atoms with Gasteiger partial charge in [-0.3, -0.25) is 9.13 Å². The molecule has 21 heavy (non-hydrogen) atoms. The summed E-state index contributed by atoms with van der Waals surface area (Å²) in [4.78, 5) is 12.1. The van der Waals surface area contributed by atoms with E-state index >= 15 is 0 Å². The normalized spacial score (nSPS) is 23.9. The average Bonchev–Trinajstić information content (AvgIpc) is 2.98. The van der Waals surface area contributed by atoms with Gasteiger partial charge in [-0.25, -0.2) is 4.79 Å². The van der Waals surface area contributed by atoms with Gasteiger partial charge in [0.05, 0.1) is 22.7 Å². The average molecular weight is 354 g/mol. The summed E-state index contributed by atoms with van der Waals surface area (Å²) in [5.74, 6) is 0. The summed E-state index contributed by atoms with van der Waals surface area (Å²) < 4.78 is 10.1. The fraction of sp³-hybridized carbons (Fsp3) is 0.533. The second kappa shape index (κ2) is 4.97. The maximum atomic E-state index is 12.1. The lowest BCUT2D eigenvalue weighted by atomic mass is 9.88. The second-order valence-corrected chi connectivity index (χ2v) is 6.86. The summed E-state index contributed by atoms with van der Waals surface area (Å²) in [7, 11) is 3.56. The van der Waals surface area contributed by atoms with E-state index in [1.807, 2.05) is 12.1 Å². The summed E-state index contributed by atoms with van der Waals surface area (Å²) in [5, 5.41) is 0. The van der Waals surface area contributed by atoms with Gasteiger partial charge in [0.25, 0.3) is 0 Å². The molecule has 1 aromatic carbocycles. The molecule has 2 atom stereocenters. The van der Waals surface area contributed by atoms with Gasteiger partial charge in [0.2, 0.25) is 0 Å². The molecule has 2 aromatic rings. The highest BCUT2D eigenvalue weighted by Gasteiger charge is 2.38. The molecule has 2 N–H and O–H groups in total. The number of imidazole rings is 1. The van der Waals surface area contributed by atoms with Crippen molar-refractivity contribution in [3.05, 3.63) is 32.7 Å². The van der Waals surface area contributed by atoms with E-state index in [1.54, 1.807) is 23.2 Å². The molecule has 1 saturated heterocycles. The minimum Gasteiger partial charge on any atom is -0.373 e. The van der Waals surface area contributed by atoms with Gasteiger partial charge >= 0.3 is 5.69 Å². The number of hydrogen-bond acceptors (Lipinski definition) is 3. The van der Waals surface area contributed by atoms with Gasteiger partial charge in [-0.05, 0) is 37.5 Å². The zero-order chi connectivity index (χ0) is 15.4. The van der Waals surface area contributed by atoms with Crippen molar-refractivity contribution >= 4 is 27.0 Å². The Labute approximate surface area is 131 Å². The standard InChI is InChI=1S/C15H20BrN3O2/c1-15(5-4-6-21-15)13(17)9-7-11-12(8-10(9)16)19(3)14(20)18(11)2/h7-8,13H,4-6,17H2,1-3H3. The number of ether oxygens (including phenoxy) is 1. The lowest BCUT2D eigenvalue weighted by Gasteiger charge is -2.31. The zero-order valence-electron chi connectivity index (χ0n) is 12.5. The Balaban J connectivity index is 2.17. The molecule has 3 rings (SSSR count). The molecule has 1 aliphatic rings. The molecule has 0 aliphatic carbocycles. The monoisotopic (exact) mass is 353 g/mol. The van der Waals surface area contributed by atoms with Crippen molar-refractivity contribution in [2.75, 3.05) is 6.61 Å². The van der Waals surface area contributed by atoms with Crippen molar-refractivity contribution in [1.82, 2.24) is 9.13 Å². The number of halogens is 1. The van der Waals surface area contributed by atoms with E-state index in [4.69, 9.17) is 10.5 Å². The number of rotatable bonds is 2. The van der Waals surface area contributed by atoms with Crippen molar-refractivity contribution in [1.29, 1.82) is 0 Å². The second-order valence-electron chi connectivity index (χ2n) is 6.01. The number of nitrogens with zero attached hydrogens (tertiary/aromatic N) is 2. The van der Waals surface area contributed by atoms with Crippen molar-refractivity contribution in [2.24, 2.45) is 19.8 Å². The lowest BCUT2D eigenvalue weighted by molar-refractivity contribution is -0.00187. The van der Waals surface area contributed by atoms with Crippen molar-refractivity contribution in [2.45, 2.75) is 31.4 Å². The Kier molecular flexibility index (Phi) is 3.50. The van der Waals surface area contributed by atoms with Crippen LogP contribution in [-0.4, -0.2) is 21.3 Å². The summed E-state index contributed by atoms with van der Waals surface area (Å²) in [6, 6.07) is 3.73. The topological polar surface area (TPSA) is 62.2 Å². The van der Waals surface area contributed by atoms with Gasteiger partial charge in [0, 0.05) is 25.2 Å². The van der Waals surface area contributed by atoms with E-state index in [0.29, 0.717) is 0 Å². The van der Waals surface area contributed by atoms with Crippen LogP contribution < -0.4 is 11.4 Å². The van der Waals surface area contributed by atoms with Gasteiger partial charge in [-0.2, -0.15) is 0 Å². The molecule has 1 aliphatic heterocycles. The molecule has 0 spiro atoms. The van der Waals surface area contributed by atoms with Crippen LogP contribution in [-0.2, 0) is 18.8 Å². The van der Waals surface area contributed by atoms with Gasteiger partial charge in [-0.1, -0.05) is 15.9 Å². The first-order valence-corrected chi connectivity index (χ1v) is 7.89. The molecule has 2 unspecified atom stereocenters. The predicted octanol–water partition coefficient (Wildman–Crippen LogP) is 2.21. The fourth-order valence-corrected chi connectivity index (χ4v) is 3.73. The Hall–Kier alpha value is -1.11. The summed E-state index contributed by atoms with van der Waals surface area (Å²) in [5.41, 5.74) is 8.85. The minimum atomic E-state index is -0.343. The molecule has 6 heteroatoms. The highest BCUT2D eigenvalue weighted by atomic mass is 79.9. The van der Waals surface area contributed by atoms with E-state index in [1.165, 1.54) is 0 Å². The van der Waals surface area contributed by atoms with Crippen LogP contribution >= 0.6 is 15.9 Å². The number of nitrogens with two attached hydrogens (primary N) is 1. The maximum absolute atomic E-state index is 12.1. The molecule has 1 aromatic heterocycles. The van der Waals surface area contributed by atoms with Crippen LogP contribution in [0.3, 0.4) is 0 Å². The summed E-state index contributed by atoms with van der Waals surface area (Å²) in [6.45, 7) is 2.82. The smallest absolute Gasteiger partial charge is 0.328 e. The number of fused-ring (bicyclic) bond motifs is 1. The number of aryl methyl sites for hydroxylation is 2. The first kappa shape index (κ1) is 14.8. The first-order chi connectivity index (χ1) is 9.85. The highest BCUT2D eigenvalue weighted by molar-refractivity contribution is 9.10. The molecule has 114 valence electrons. The summed E-state index contributed by atoms with van der Waals surface area (Å²) in [6.07, 6.45) is 1.99. The third-order valence-corrected chi connectivity index (χ3v) is 5.32.